The molecule has 10 heavy (non-hydrogen) atoms. The molecule has 62 valence electrons. The van der Waals surface area contributed by atoms with E-state index < -0.39 is 0 Å². The molecule has 0 fully saturated rings. The van der Waals surface area contributed by atoms with Gasteiger partial charge in [-0.2, -0.15) is 19.3 Å². The first-order chi connectivity index (χ1) is 4.63. The van der Waals surface area contributed by atoms with Crippen molar-refractivity contribution in [2.75, 3.05) is 0 Å². The summed E-state index contributed by atoms with van der Waals surface area (Å²) in [5.74, 6) is 3.32. The van der Waals surface area contributed by atoms with Gasteiger partial charge in [0.25, 0.3) is 0 Å². The molecular formula is C10H21-. The molecule has 0 heteroatoms. The Morgan fingerprint density at radius 3 is 2.00 bits per heavy atom. The zero-order chi connectivity index (χ0) is 8.15. The Morgan fingerprint density at radius 2 is 1.70 bits per heavy atom. The van der Waals surface area contributed by atoms with Crippen LogP contribution in [0.25, 0.3) is 0 Å². The largest absolute Gasteiger partial charge is 0.314 e. The van der Waals surface area contributed by atoms with E-state index in [2.05, 4.69) is 34.6 Å². The summed E-state index contributed by atoms with van der Waals surface area (Å²) in [6.45, 7) is 11.5. The molecule has 0 aromatic heterocycles. The predicted molar refractivity (Wildman–Crippen MR) is 47.8 cm³/mol. The van der Waals surface area contributed by atoms with E-state index in [1.807, 2.05) is 0 Å². The molecule has 2 unspecified atom stereocenters. The van der Waals surface area contributed by atoms with Crippen molar-refractivity contribution < 1.29 is 0 Å². The lowest BCUT2D eigenvalue weighted by atomic mass is 9.82. The van der Waals surface area contributed by atoms with Crippen LogP contribution in [0.2, 0.25) is 0 Å². The van der Waals surface area contributed by atoms with Gasteiger partial charge in [-0.15, -0.1) is 0 Å². The molecule has 0 aromatic carbocycles. The summed E-state index contributed by atoms with van der Waals surface area (Å²) >= 11 is 0. The average Bonchev–Trinajstić information content (AvgIpc) is 2.00. The van der Waals surface area contributed by atoms with Crippen LogP contribution in [0.4, 0.5) is 0 Å². The molecule has 0 aliphatic rings. The van der Waals surface area contributed by atoms with E-state index in [1.165, 1.54) is 12.8 Å². The molecule has 0 saturated carbocycles. The first kappa shape index (κ1) is 10.0. The van der Waals surface area contributed by atoms with Gasteiger partial charge in [-0.25, -0.2) is 0 Å². The van der Waals surface area contributed by atoms with Crippen molar-refractivity contribution in [3.63, 3.8) is 0 Å². The molecule has 0 nitrogen and oxygen atoms in total. The van der Waals surface area contributed by atoms with Crippen molar-refractivity contribution in [2.45, 2.75) is 47.5 Å². The standard InChI is InChI=1S/C10H21/c1-6-8(3)10(5)9(4)7-2/h8,10H,6-7H2,1-5H3/q-1. The SMILES string of the molecule is CC[C-](C)C(C)C(C)CC. The van der Waals surface area contributed by atoms with E-state index >= 15 is 0 Å². The molecular weight excluding hydrogens is 120 g/mol. The maximum Gasteiger partial charge on any atom is -0.0558 e. The molecule has 2 atom stereocenters. The molecule has 0 saturated heterocycles. The highest BCUT2D eigenvalue weighted by atomic mass is 14.2. The highest BCUT2D eigenvalue weighted by molar-refractivity contribution is 4.90. The van der Waals surface area contributed by atoms with Gasteiger partial charge < -0.3 is 5.92 Å². The monoisotopic (exact) mass is 141 g/mol. The lowest BCUT2D eigenvalue weighted by Crippen LogP contribution is -2.13. The molecule has 0 amide bonds. The van der Waals surface area contributed by atoms with Gasteiger partial charge in [-0.05, 0) is 0 Å². The van der Waals surface area contributed by atoms with Gasteiger partial charge in [0.1, 0.15) is 0 Å². The summed E-state index contributed by atoms with van der Waals surface area (Å²) < 4.78 is 0. The fraction of sp³-hybridized carbons (Fsp3) is 0.900. The van der Waals surface area contributed by atoms with Crippen LogP contribution in [0.5, 0.6) is 0 Å². The van der Waals surface area contributed by atoms with Crippen LogP contribution in [0.15, 0.2) is 0 Å². The van der Waals surface area contributed by atoms with E-state index in [-0.39, 0.29) is 0 Å². The minimum atomic E-state index is 0.815. The maximum absolute atomic E-state index is 2.34. The average molecular weight is 141 g/mol. The van der Waals surface area contributed by atoms with Crippen molar-refractivity contribution in [1.82, 2.24) is 0 Å². The molecule has 0 heterocycles. The van der Waals surface area contributed by atoms with E-state index in [9.17, 15) is 0 Å². The first-order valence-electron chi connectivity index (χ1n) is 4.45. The third kappa shape index (κ3) is 2.72. The van der Waals surface area contributed by atoms with Crippen LogP contribution in [0.1, 0.15) is 47.5 Å². The van der Waals surface area contributed by atoms with Gasteiger partial charge >= 0.3 is 0 Å². The summed E-state index contributed by atoms with van der Waals surface area (Å²) in [5.41, 5.74) is 0. The Balaban J connectivity index is 3.69. The van der Waals surface area contributed by atoms with Gasteiger partial charge in [-0.1, -0.05) is 40.0 Å². The van der Waals surface area contributed by atoms with Crippen LogP contribution >= 0.6 is 0 Å². The van der Waals surface area contributed by atoms with Crippen LogP contribution in [-0.4, -0.2) is 0 Å². The summed E-state index contributed by atoms with van der Waals surface area (Å²) in [6.07, 6.45) is 2.55. The van der Waals surface area contributed by atoms with E-state index in [1.54, 1.807) is 5.92 Å². The molecule has 0 aliphatic heterocycles. The van der Waals surface area contributed by atoms with Gasteiger partial charge in [0.2, 0.25) is 0 Å². The van der Waals surface area contributed by atoms with Crippen LogP contribution in [0, 0.1) is 17.8 Å². The van der Waals surface area contributed by atoms with Crippen LogP contribution < -0.4 is 0 Å². The van der Waals surface area contributed by atoms with Gasteiger partial charge in [0.15, 0.2) is 0 Å². The van der Waals surface area contributed by atoms with Crippen molar-refractivity contribution in [1.29, 1.82) is 0 Å². The quantitative estimate of drug-likeness (QED) is 0.524. The highest BCUT2D eigenvalue weighted by Crippen LogP contribution is 2.26. The molecule has 0 spiro atoms. The Morgan fingerprint density at radius 1 is 1.20 bits per heavy atom. The summed E-state index contributed by atoms with van der Waals surface area (Å²) in [6, 6.07) is 0. The fourth-order valence-electron chi connectivity index (χ4n) is 1.16. The van der Waals surface area contributed by atoms with Crippen molar-refractivity contribution in [3.8, 4) is 0 Å². The van der Waals surface area contributed by atoms with Crippen molar-refractivity contribution in [2.24, 2.45) is 11.8 Å². The van der Waals surface area contributed by atoms with Gasteiger partial charge in [0, 0.05) is 0 Å². The Kier molecular flexibility index (Phi) is 4.76. The lowest BCUT2D eigenvalue weighted by Gasteiger charge is -2.36. The Labute approximate surface area is 66.0 Å². The summed E-state index contributed by atoms with van der Waals surface area (Å²) in [4.78, 5) is 0. The summed E-state index contributed by atoms with van der Waals surface area (Å²) in [5, 5.41) is 0. The molecule has 0 aliphatic carbocycles. The van der Waals surface area contributed by atoms with Crippen LogP contribution in [0.3, 0.4) is 0 Å². The van der Waals surface area contributed by atoms with Crippen molar-refractivity contribution >= 4 is 0 Å². The maximum atomic E-state index is 2.34. The number of rotatable bonds is 4. The molecule has 0 rings (SSSR count). The first-order valence-corrected chi connectivity index (χ1v) is 4.45. The van der Waals surface area contributed by atoms with Crippen LogP contribution in [-0.2, 0) is 0 Å². The minimum Gasteiger partial charge on any atom is -0.314 e. The Hall–Kier alpha value is 0. The number of hydrogen-bond acceptors (Lipinski definition) is 0. The topological polar surface area (TPSA) is 0 Å². The molecule has 0 bridgehead atoms. The number of hydrogen-bond donors (Lipinski definition) is 0. The third-order valence-corrected chi connectivity index (χ3v) is 2.83. The third-order valence-electron chi connectivity index (χ3n) is 2.83. The smallest absolute Gasteiger partial charge is 0.0558 e. The normalized spacial score (nSPS) is 17.4. The minimum absolute atomic E-state index is 0.815. The second kappa shape index (κ2) is 4.76. The lowest BCUT2D eigenvalue weighted by molar-refractivity contribution is 0.381. The van der Waals surface area contributed by atoms with Gasteiger partial charge in [0.05, 0.1) is 0 Å². The van der Waals surface area contributed by atoms with E-state index in [0.717, 1.165) is 11.8 Å². The fourth-order valence-corrected chi connectivity index (χ4v) is 1.16. The Bertz CT molecular complexity index is 66.1. The molecule has 0 aromatic rings. The zero-order valence-corrected chi connectivity index (χ0v) is 8.07. The molecule has 0 radical (unpaired) electrons. The van der Waals surface area contributed by atoms with E-state index in [4.69, 9.17) is 0 Å². The summed E-state index contributed by atoms with van der Waals surface area (Å²) in [7, 11) is 0. The second-order valence-electron chi connectivity index (χ2n) is 3.37. The van der Waals surface area contributed by atoms with Crippen molar-refractivity contribution in [3.05, 3.63) is 5.92 Å². The highest BCUT2D eigenvalue weighted by Gasteiger charge is 2.04. The second-order valence-corrected chi connectivity index (χ2v) is 3.37. The van der Waals surface area contributed by atoms with Gasteiger partial charge in [-0.3, -0.25) is 0 Å². The predicted octanol–water partition coefficient (Wildman–Crippen LogP) is 3.67. The van der Waals surface area contributed by atoms with E-state index in [0.29, 0.717) is 0 Å². The molecule has 0 N–H and O–H groups in total. The zero-order valence-electron chi connectivity index (χ0n) is 8.07.